The molecule has 0 spiro atoms. The van der Waals surface area contributed by atoms with Gasteiger partial charge in [0.15, 0.2) is 0 Å². The Kier molecular flexibility index (Phi) is 5.88. The molecule has 0 aromatic heterocycles. The third-order valence-corrected chi connectivity index (χ3v) is 3.15. The first-order valence-corrected chi connectivity index (χ1v) is 5.96. The molecule has 1 unspecified atom stereocenters. The summed E-state index contributed by atoms with van der Waals surface area (Å²) in [5.41, 5.74) is 1.05. The number of carboxylic acids is 1. The molecule has 1 fully saturated rings. The van der Waals surface area contributed by atoms with E-state index < -0.39 is 12.0 Å². The van der Waals surface area contributed by atoms with E-state index in [1.807, 2.05) is 29.2 Å². The van der Waals surface area contributed by atoms with Crippen molar-refractivity contribution in [3.63, 3.8) is 0 Å². The van der Waals surface area contributed by atoms with E-state index in [4.69, 9.17) is 16.7 Å². The smallest absolute Gasteiger partial charge is 0.322 e. The summed E-state index contributed by atoms with van der Waals surface area (Å²) in [6.07, 6.45) is 0. The summed E-state index contributed by atoms with van der Waals surface area (Å²) in [5, 5.41) is 12.9. The van der Waals surface area contributed by atoms with Crippen molar-refractivity contribution in [1.82, 2.24) is 10.2 Å². The van der Waals surface area contributed by atoms with Gasteiger partial charge < -0.3 is 10.4 Å². The molecule has 0 saturated carbocycles. The monoisotopic (exact) mass is 290 g/mol. The fourth-order valence-corrected chi connectivity index (χ4v) is 2.26. The summed E-state index contributed by atoms with van der Waals surface area (Å²) in [6.45, 7) is 2.68. The van der Waals surface area contributed by atoms with Crippen molar-refractivity contribution >= 4 is 30.0 Å². The summed E-state index contributed by atoms with van der Waals surface area (Å²) in [5.74, 6) is -0.778. The van der Waals surface area contributed by atoms with E-state index in [9.17, 15) is 4.79 Å². The lowest BCUT2D eigenvalue weighted by atomic mass is 10.1. The molecule has 1 saturated heterocycles. The lowest BCUT2D eigenvalue weighted by Crippen LogP contribution is -2.54. The van der Waals surface area contributed by atoms with Crippen molar-refractivity contribution in [2.45, 2.75) is 12.6 Å². The van der Waals surface area contributed by atoms with Gasteiger partial charge in [0.2, 0.25) is 0 Å². The highest BCUT2D eigenvalue weighted by molar-refractivity contribution is 6.30. The molecule has 1 aliphatic heterocycles. The predicted molar refractivity (Wildman–Crippen MR) is 73.4 cm³/mol. The van der Waals surface area contributed by atoms with Crippen LogP contribution in [0.1, 0.15) is 5.56 Å². The van der Waals surface area contributed by atoms with Gasteiger partial charge in [-0.05, 0) is 17.7 Å². The van der Waals surface area contributed by atoms with Gasteiger partial charge in [0.05, 0.1) is 0 Å². The van der Waals surface area contributed by atoms with Gasteiger partial charge in [-0.1, -0.05) is 23.7 Å². The molecule has 1 aromatic rings. The minimum Gasteiger partial charge on any atom is -0.480 e. The molecule has 1 heterocycles. The highest BCUT2D eigenvalue weighted by Gasteiger charge is 2.27. The number of carbonyl (C=O) groups is 1. The van der Waals surface area contributed by atoms with E-state index >= 15 is 0 Å². The topological polar surface area (TPSA) is 52.6 Å². The van der Waals surface area contributed by atoms with Crippen molar-refractivity contribution in [3.8, 4) is 0 Å². The van der Waals surface area contributed by atoms with Gasteiger partial charge in [-0.3, -0.25) is 9.69 Å². The number of halogens is 2. The van der Waals surface area contributed by atoms with E-state index in [0.717, 1.165) is 18.7 Å². The molecule has 100 valence electrons. The summed E-state index contributed by atoms with van der Waals surface area (Å²) < 4.78 is 0. The molecule has 1 aromatic carbocycles. The van der Waals surface area contributed by atoms with Gasteiger partial charge in [0.1, 0.15) is 6.04 Å². The Morgan fingerprint density at radius 2 is 2.33 bits per heavy atom. The van der Waals surface area contributed by atoms with Crippen LogP contribution in [0.4, 0.5) is 0 Å². The quantitative estimate of drug-likeness (QED) is 0.888. The maximum atomic E-state index is 11.1. The van der Waals surface area contributed by atoms with Crippen LogP contribution in [0.25, 0.3) is 0 Å². The van der Waals surface area contributed by atoms with Crippen molar-refractivity contribution < 1.29 is 9.90 Å². The molecule has 0 radical (unpaired) electrons. The standard InChI is InChI=1S/C12H15ClN2O2.ClH/c13-10-3-1-2-9(6-10)8-15-5-4-14-7-11(15)12(16)17;/h1-3,6,11,14H,4-5,7-8H2,(H,16,17);1H. The largest absolute Gasteiger partial charge is 0.480 e. The fourth-order valence-electron chi connectivity index (χ4n) is 2.05. The summed E-state index contributed by atoms with van der Waals surface area (Å²) >= 11 is 5.91. The number of piperazine rings is 1. The zero-order valence-electron chi connectivity index (χ0n) is 9.80. The number of hydrogen-bond acceptors (Lipinski definition) is 3. The second kappa shape index (κ2) is 6.95. The van der Waals surface area contributed by atoms with Crippen LogP contribution in [0.2, 0.25) is 5.02 Å². The van der Waals surface area contributed by atoms with Crippen LogP contribution in [0, 0.1) is 0 Å². The third kappa shape index (κ3) is 3.85. The Balaban J connectivity index is 0.00000162. The molecule has 2 rings (SSSR count). The van der Waals surface area contributed by atoms with Crippen LogP contribution < -0.4 is 5.32 Å². The van der Waals surface area contributed by atoms with Gasteiger partial charge in [-0.2, -0.15) is 0 Å². The van der Waals surface area contributed by atoms with E-state index in [0.29, 0.717) is 18.1 Å². The molecule has 0 bridgehead atoms. The number of carboxylic acid groups (broad SMARTS) is 1. The fraction of sp³-hybridized carbons (Fsp3) is 0.417. The van der Waals surface area contributed by atoms with Gasteiger partial charge in [0, 0.05) is 31.2 Å². The van der Waals surface area contributed by atoms with Crippen LogP contribution >= 0.6 is 24.0 Å². The first-order valence-electron chi connectivity index (χ1n) is 5.59. The molecule has 1 aliphatic rings. The van der Waals surface area contributed by atoms with Crippen LogP contribution in [-0.4, -0.2) is 41.7 Å². The number of benzene rings is 1. The molecule has 4 nitrogen and oxygen atoms in total. The summed E-state index contributed by atoms with van der Waals surface area (Å²) in [4.78, 5) is 13.1. The molecule has 18 heavy (non-hydrogen) atoms. The van der Waals surface area contributed by atoms with Crippen LogP contribution in [-0.2, 0) is 11.3 Å². The SMILES string of the molecule is Cl.O=C(O)C1CNCCN1Cc1cccc(Cl)c1. The van der Waals surface area contributed by atoms with Crippen LogP contribution in [0.3, 0.4) is 0 Å². The average Bonchev–Trinajstić information content (AvgIpc) is 2.29. The molecule has 0 aliphatic carbocycles. The van der Waals surface area contributed by atoms with Crippen LogP contribution in [0.5, 0.6) is 0 Å². The number of hydrogen-bond donors (Lipinski definition) is 2. The van der Waals surface area contributed by atoms with Gasteiger partial charge in [-0.25, -0.2) is 0 Å². The summed E-state index contributed by atoms with van der Waals surface area (Å²) in [6, 6.07) is 7.09. The van der Waals surface area contributed by atoms with E-state index in [1.165, 1.54) is 0 Å². The van der Waals surface area contributed by atoms with E-state index in [1.54, 1.807) is 0 Å². The number of rotatable bonds is 3. The molecular weight excluding hydrogens is 275 g/mol. The minimum absolute atomic E-state index is 0. The predicted octanol–water partition coefficient (Wildman–Crippen LogP) is 1.62. The van der Waals surface area contributed by atoms with Crippen molar-refractivity contribution in [1.29, 1.82) is 0 Å². The lowest BCUT2D eigenvalue weighted by Gasteiger charge is -2.33. The highest BCUT2D eigenvalue weighted by Crippen LogP contribution is 2.15. The van der Waals surface area contributed by atoms with Crippen molar-refractivity contribution in [2.24, 2.45) is 0 Å². The Labute approximate surface area is 117 Å². The van der Waals surface area contributed by atoms with Gasteiger partial charge >= 0.3 is 5.97 Å². The lowest BCUT2D eigenvalue weighted by molar-refractivity contribution is -0.144. The molecule has 0 amide bonds. The second-order valence-corrected chi connectivity index (χ2v) is 4.59. The Morgan fingerprint density at radius 1 is 1.56 bits per heavy atom. The molecule has 6 heteroatoms. The van der Waals surface area contributed by atoms with Gasteiger partial charge in [-0.15, -0.1) is 12.4 Å². The Morgan fingerprint density at radius 3 is 3.00 bits per heavy atom. The van der Waals surface area contributed by atoms with Crippen LogP contribution in [0.15, 0.2) is 24.3 Å². The maximum Gasteiger partial charge on any atom is 0.322 e. The second-order valence-electron chi connectivity index (χ2n) is 4.16. The van der Waals surface area contributed by atoms with Crippen molar-refractivity contribution in [3.05, 3.63) is 34.9 Å². The van der Waals surface area contributed by atoms with E-state index in [2.05, 4.69) is 5.32 Å². The zero-order chi connectivity index (χ0) is 12.3. The zero-order valence-corrected chi connectivity index (χ0v) is 11.4. The molecular formula is C12H16Cl2N2O2. The first kappa shape index (κ1) is 15.2. The molecule has 2 N–H and O–H groups in total. The number of nitrogens with one attached hydrogen (secondary N) is 1. The minimum atomic E-state index is -0.778. The maximum absolute atomic E-state index is 11.1. The van der Waals surface area contributed by atoms with Crippen molar-refractivity contribution in [2.75, 3.05) is 19.6 Å². The molecule has 1 atom stereocenters. The van der Waals surface area contributed by atoms with E-state index in [-0.39, 0.29) is 12.4 Å². The number of aliphatic carboxylic acids is 1. The normalized spacial score (nSPS) is 20.2. The Bertz CT molecular complexity index is 415. The Hall–Kier alpha value is -0.810. The summed E-state index contributed by atoms with van der Waals surface area (Å²) in [7, 11) is 0. The highest BCUT2D eigenvalue weighted by atomic mass is 35.5. The van der Waals surface area contributed by atoms with Gasteiger partial charge in [0.25, 0.3) is 0 Å². The first-order chi connectivity index (χ1) is 8.16. The third-order valence-electron chi connectivity index (χ3n) is 2.91. The average molecular weight is 291 g/mol. The number of nitrogens with zero attached hydrogens (tertiary/aromatic N) is 1.